The zero-order valence-electron chi connectivity index (χ0n) is 9.18. The molecule has 98 valence electrons. The van der Waals surface area contributed by atoms with Crippen molar-refractivity contribution in [3.8, 4) is 0 Å². The summed E-state index contributed by atoms with van der Waals surface area (Å²) in [7, 11) is 0. The maximum Gasteiger partial charge on any atom is 0.326 e. The molecule has 0 aromatic carbocycles. The fraction of sp³-hybridized carbons (Fsp3) is 0.300. The molecule has 0 saturated heterocycles. The second kappa shape index (κ2) is 6.69. The van der Waals surface area contributed by atoms with Crippen LogP contribution < -0.4 is 11.1 Å². The van der Waals surface area contributed by atoms with E-state index in [0.29, 0.717) is 5.56 Å². The van der Waals surface area contributed by atoms with Crippen molar-refractivity contribution in [1.29, 1.82) is 0 Å². The number of amides is 2. The number of primary amides is 1. The van der Waals surface area contributed by atoms with Gasteiger partial charge in [-0.1, -0.05) is 0 Å². The molecule has 1 unspecified atom stereocenters. The van der Waals surface area contributed by atoms with E-state index in [0.717, 1.165) is 2.88 Å². The third-order valence-corrected chi connectivity index (χ3v) is 3.90. The highest BCUT2D eigenvalue weighted by Gasteiger charge is 2.21. The minimum absolute atomic E-state index is 0.0162. The Labute approximate surface area is 121 Å². The lowest BCUT2D eigenvalue weighted by atomic mass is 10.1. The van der Waals surface area contributed by atoms with Crippen LogP contribution in [0.25, 0.3) is 0 Å². The second-order valence-electron chi connectivity index (χ2n) is 3.51. The van der Waals surface area contributed by atoms with Crippen LogP contribution in [0.3, 0.4) is 0 Å². The highest BCUT2D eigenvalue weighted by atomic mass is 127. The number of nitrogens with one attached hydrogen (secondary N) is 1. The summed E-state index contributed by atoms with van der Waals surface area (Å²) in [6, 6.07) is 0.552. The molecule has 0 aliphatic heterocycles. The largest absolute Gasteiger partial charge is 0.480 e. The van der Waals surface area contributed by atoms with Crippen molar-refractivity contribution >= 4 is 51.7 Å². The molecule has 8 heteroatoms. The van der Waals surface area contributed by atoms with Gasteiger partial charge < -0.3 is 16.2 Å². The van der Waals surface area contributed by atoms with Crippen LogP contribution in [-0.2, 0) is 9.59 Å². The smallest absolute Gasteiger partial charge is 0.326 e. The maximum absolute atomic E-state index is 11.7. The fourth-order valence-electron chi connectivity index (χ4n) is 1.21. The normalized spacial score (nSPS) is 11.8. The topological polar surface area (TPSA) is 109 Å². The Balaban J connectivity index is 2.63. The predicted octanol–water partition coefficient (Wildman–Crippen LogP) is 0.801. The average Bonchev–Trinajstić information content (AvgIpc) is 2.70. The lowest BCUT2D eigenvalue weighted by Gasteiger charge is -2.12. The summed E-state index contributed by atoms with van der Waals surface area (Å²) in [6.07, 6.45) is -0.101. The summed E-state index contributed by atoms with van der Waals surface area (Å²) in [5.41, 5.74) is 5.35. The Morgan fingerprint density at radius 2 is 2.17 bits per heavy atom. The van der Waals surface area contributed by atoms with E-state index in [1.54, 1.807) is 11.4 Å². The molecule has 0 fully saturated rings. The first kappa shape index (κ1) is 14.9. The van der Waals surface area contributed by atoms with Crippen molar-refractivity contribution in [1.82, 2.24) is 5.32 Å². The molecule has 2 amide bonds. The van der Waals surface area contributed by atoms with Crippen LogP contribution in [0.1, 0.15) is 23.2 Å². The van der Waals surface area contributed by atoms with Gasteiger partial charge in [-0.15, -0.1) is 11.3 Å². The molecule has 0 aliphatic carbocycles. The quantitative estimate of drug-likeness (QED) is 0.633. The minimum Gasteiger partial charge on any atom is -0.480 e. The molecule has 1 aromatic heterocycles. The summed E-state index contributed by atoms with van der Waals surface area (Å²) in [4.78, 5) is 33.3. The van der Waals surface area contributed by atoms with Gasteiger partial charge in [0.25, 0.3) is 5.91 Å². The van der Waals surface area contributed by atoms with Crippen molar-refractivity contribution in [2.45, 2.75) is 18.9 Å². The van der Waals surface area contributed by atoms with Crippen molar-refractivity contribution in [3.05, 3.63) is 19.9 Å². The number of aliphatic carboxylic acids is 1. The third-order valence-electron chi connectivity index (χ3n) is 2.11. The van der Waals surface area contributed by atoms with Gasteiger partial charge in [0.2, 0.25) is 5.91 Å². The van der Waals surface area contributed by atoms with E-state index >= 15 is 0 Å². The number of thiophene rings is 1. The average molecular weight is 382 g/mol. The molecule has 1 aromatic rings. The molecule has 0 saturated carbocycles. The molecule has 4 N–H and O–H groups in total. The van der Waals surface area contributed by atoms with E-state index < -0.39 is 23.8 Å². The van der Waals surface area contributed by atoms with E-state index in [2.05, 4.69) is 27.9 Å². The van der Waals surface area contributed by atoms with E-state index in [4.69, 9.17) is 10.8 Å². The van der Waals surface area contributed by atoms with Gasteiger partial charge in [-0.25, -0.2) is 4.79 Å². The molecule has 1 heterocycles. The maximum atomic E-state index is 11.7. The predicted molar refractivity (Wildman–Crippen MR) is 74.4 cm³/mol. The molecule has 0 bridgehead atoms. The number of hydrogen-bond acceptors (Lipinski definition) is 4. The Morgan fingerprint density at radius 3 is 2.61 bits per heavy atom. The highest BCUT2D eigenvalue weighted by Crippen LogP contribution is 2.16. The number of carboxylic acids is 1. The van der Waals surface area contributed by atoms with Gasteiger partial charge in [-0.2, -0.15) is 0 Å². The SMILES string of the molecule is NC(=O)CCC(NC(=O)c1csc(I)c1)C(=O)O. The number of carbonyl (C=O) groups is 3. The summed E-state index contributed by atoms with van der Waals surface area (Å²) < 4.78 is 0.932. The van der Waals surface area contributed by atoms with Crippen molar-refractivity contribution in [2.24, 2.45) is 5.73 Å². The first-order valence-corrected chi connectivity index (χ1v) is 6.92. The van der Waals surface area contributed by atoms with Crippen molar-refractivity contribution < 1.29 is 19.5 Å². The van der Waals surface area contributed by atoms with Crippen molar-refractivity contribution in [3.63, 3.8) is 0 Å². The summed E-state index contributed by atoms with van der Waals surface area (Å²) >= 11 is 3.46. The van der Waals surface area contributed by atoms with E-state index in [-0.39, 0.29) is 12.8 Å². The zero-order valence-corrected chi connectivity index (χ0v) is 12.2. The van der Waals surface area contributed by atoms with E-state index in [1.165, 1.54) is 11.3 Å². The molecular weight excluding hydrogens is 371 g/mol. The minimum atomic E-state index is -1.19. The molecular formula is C10H11IN2O4S. The Kier molecular flexibility index (Phi) is 5.54. The number of nitrogens with two attached hydrogens (primary N) is 1. The molecule has 1 rings (SSSR count). The van der Waals surface area contributed by atoms with Gasteiger partial charge in [-0.05, 0) is 35.1 Å². The number of hydrogen-bond donors (Lipinski definition) is 3. The molecule has 1 atom stereocenters. The van der Waals surface area contributed by atoms with Crippen LogP contribution in [0.5, 0.6) is 0 Å². The zero-order chi connectivity index (χ0) is 13.7. The van der Waals surface area contributed by atoms with Crippen LogP contribution in [0.4, 0.5) is 0 Å². The summed E-state index contributed by atoms with van der Waals surface area (Å²) in [5.74, 6) is -2.25. The van der Waals surface area contributed by atoms with Crippen LogP contribution in [0.2, 0.25) is 0 Å². The molecule has 6 nitrogen and oxygen atoms in total. The number of carboxylic acid groups (broad SMARTS) is 1. The standard InChI is InChI=1S/C10H11IN2O4S/c11-7-3-5(4-18-7)9(15)13-6(10(16)17)1-2-8(12)14/h3-4,6H,1-2H2,(H2,12,14)(H,13,15)(H,16,17). The lowest BCUT2D eigenvalue weighted by molar-refractivity contribution is -0.139. The highest BCUT2D eigenvalue weighted by molar-refractivity contribution is 14.1. The number of halogens is 1. The second-order valence-corrected chi connectivity index (χ2v) is 6.31. The van der Waals surface area contributed by atoms with Gasteiger partial charge in [0.15, 0.2) is 0 Å². The van der Waals surface area contributed by atoms with Gasteiger partial charge >= 0.3 is 5.97 Å². The lowest BCUT2D eigenvalue weighted by Crippen LogP contribution is -2.41. The first-order chi connectivity index (χ1) is 8.40. The van der Waals surface area contributed by atoms with E-state index in [1.807, 2.05) is 0 Å². The summed E-state index contributed by atoms with van der Waals surface area (Å²) in [6.45, 7) is 0. The molecule has 0 spiro atoms. The number of rotatable bonds is 6. The Bertz CT molecular complexity index is 474. The van der Waals surface area contributed by atoms with Gasteiger partial charge in [0, 0.05) is 11.8 Å². The van der Waals surface area contributed by atoms with Gasteiger partial charge in [0.1, 0.15) is 6.04 Å². The number of carbonyl (C=O) groups excluding carboxylic acids is 2. The van der Waals surface area contributed by atoms with Crippen LogP contribution in [0, 0.1) is 2.88 Å². The van der Waals surface area contributed by atoms with Gasteiger partial charge in [0.05, 0.1) is 8.45 Å². The Hall–Kier alpha value is -1.16. The van der Waals surface area contributed by atoms with Crippen LogP contribution in [0.15, 0.2) is 11.4 Å². The van der Waals surface area contributed by atoms with E-state index in [9.17, 15) is 14.4 Å². The molecule has 0 radical (unpaired) electrons. The van der Waals surface area contributed by atoms with Crippen LogP contribution in [-0.4, -0.2) is 28.9 Å². The van der Waals surface area contributed by atoms with Crippen LogP contribution >= 0.6 is 33.9 Å². The fourth-order valence-corrected chi connectivity index (χ4v) is 2.54. The molecule has 0 aliphatic rings. The Morgan fingerprint density at radius 1 is 1.50 bits per heavy atom. The monoisotopic (exact) mass is 382 g/mol. The first-order valence-electron chi connectivity index (χ1n) is 4.96. The summed E-state index contributed by atoms with van der Waals surface area (Å²) in [5, 5.41) is 12.9. The third kappa shape index (κ3) is 4.61. The van der Waals surface area contributed by atoms with Gasteiger partial charge in [-0.3, -0.25) is 9.59 Å². The van der Waals surface area contributed by atoms with Crippen molar-refractivity contribution in [2.75, 3.05) is 0 Å². The molecule has 18 heavy (non-hydrogen) atoms.